The van der Waals surface area contributed by atoms with Gasteiger partial charge in [0.25, 0.3) is 0 Å². The lowest BCUT2D eigenvalue weighted by atomic mass is 9.91. The summed E-state index contributed by atoms with van der Waals surface area (Å²) in [5.41, 5.74) is 30.1. The van der Waals surface area contributed by atoms with Gasteiger partial charge in [-0.1, -0.05) is 314 Å². The highest BCUT2D eigenvalue weighted by molar-refractivity contribution is 6.30. The van der Waals surface area contributed by atoms with E-state index < -0.39 is 11.7 Å². The second-order valence-corrected chi connectivity index (χ2v) is 39.9. The average molecular weight is 1750 g/mol. The quantitative estimate of drug-likeness (QED) is 0.108. The number of aromatic nitrogens is 3. The van der Waals surface area contributed by atoms with Crippen LogP contribution in [-0.2, 0) is 6.18 Å². The van der Waals surface area contributed by atoms with Crippen LogP contribution in [0, 0.1) is 0 Å². The van der Waals surface area contributed by atoms with E-state index in [1.165, 1.54) is 220 Å². The van der Waals surface area contributed by atoms with Crippen LogP contribution in [0.4, 0.5) is 13.2 Å². The summed E-state index contributed by atoms with van der Waals surface area (Å²) in [5, 5.41) is 28.1. The lowest BCUT2D eigenvalue weighted by Crippen LogP contribution is -2.04. The van der Waals surface area contributed by atoms with E-state index in [4.69, 9.17) is 0 Å². The summed E-state index contributed by atoms with van der Waals surface area (Å²) in [6.07, 6.45) is -2.04. The molecule has 0 bridgehead atoms. The van der Waals surface area contributed by atoms with E-state index in [1.54, 1.807) is 0 Å². The summed E-state index contributed by atoms with van der Waals surface area (Å²) in [6.45, 7) is 26.8. The third-order valence-corrected chi connectivity index (χ3v) is 29.4. The van der Waals surface area contributed by atoms with Crippen LogP contribution in [0.5, 0.6) is 0 Å². The minimum Gasteiger partial charge on any atom is -0.308 e. The molecule has 0 spiro atoms. The van der Waals surface area contributed by atoms with Gasteiger partial charge in [0.05, 0.1) is 55.2 Å². The fourth-order valence-electron chi connectivity index (χ4n) is 21.9. The Balaban J connectivity index is 0.000000112. The Kier molecular flexibility index (Phi) is 19.6. The van der Waals surface area contributed by atoms with Gasteiger partial charge >= 0.3 is 6.18 Å². The van der Waals surface area contributed by atoms with E-state index in [0.717, 1.165) is 48.9 Å². The lowest BCUT2D eigenvalue weighted by molar-refractivity contribution is -0.137. The summed E-state index contributed by atoms with van der Waals surface area (Å²) in [5.74, 6) is 2.69. The Morgan fingerprint density at radius 2 is 0.430 bits per heavy atom. The molecular formula is C129H102F3N3. The van der Waals surface area contributed by atoms with E-state index in [0.29, 0.717) is 46.3 Å². The fraction of sp³-hybridized carbons (Fsp3) is 0.147. The molecule has 135 heavy (non-hydrogen) atoms. The van der Waals surface area contributed by atoms with E-state index in [2.05, 4.69) is 448 Å². The predicted molar refractivity (Wildman–Crippen MR) is 574 cm³/mol. The van der Waals surface area contributed by atoms with Gasteiger partial charge in [-0.05, 0) is 323 Å². The third-order valence-electron chi connectivity index (χ3n) is 29.4. The Hall–Kier alpha value is -15.1. The van der Waals surface area contributed by atoms with Gasteiger partial charge in [-0.15, -0.1) is 0 Å². The molecule has 0 aliphatic rings. The number of hydrogen-bond acceptors (Lipinski definition) is 0. The molecule has 0 saturated heterocycles. The van der Waals surface area contributed by atoms with Crippen molar-refractivity contribution in [3.05, 3.63) is 414 Å². The van der Waals surface area contributed by atoms with Crippen molar-refractivity contribution >= 4 is 191 Å². The number of benzene rings is 20. The second-order valence-electron chi connectivity index (χ2n) is 39.9. The van der Waals surface area contributed by atoms with Crippen molar-refractivity contribution in [3.63, 3.8) is 0 Å². The van der Waals surface area contributed by atoms with Gasteiger partial charge in [0.2, 0.25) is 0 Å². The summed E-state index contributed by atoms with van der Waals surface area (Å²) in [6, 6.07) is 131. The maximum Gasteiger partial charge on any atom is 0.416 e. The molecule has 0 radical (unpaired) electrons. The topological polar surface area (TPSA) is 13.2 Å². The van der Waals surface area contributed by atoms with Gasteiger partial charge in [-0.25, -0.2) is 0 Å². The molecule has 20 aromatic carbocycles. The van der Waals surface area contributed by atoms with Gasteiger partial charge < -0.3 is 13.2 Å². The van der Waals surface area contributed by atoms with Crippen molar-refractivity contribution in [1.82, 2.24) is 13.2 Å². The lowest BCUT2D eigenvalue weighted by Gasteiger charge is -2.12. The largest absolute Gasteiger partial charge is 0.416 e. The van der Waals surface area contributed by atoms with E-state index in [9.17, 15) is 13.2 Å². The zero-order valence-electron chi connectivity index (χ0n) is 78.1. The molecule has 0 aliphatic carbocycles. The van der Waals surface area contributed by atoms with Gasteiger partial charge in [-0.2, -0.15) is 13.2 Å². The van der Waals surface area contributed by atoms with E-state index >= 15 is 0 Å². The first-order valence-corrected chi connectivity index (χ1v) is 48.0. The monoisotopic (exact) mass is 1750 g/mol. The first-order chi connectivity index (χ1) is 65.4. The second kappa shape index (κ2) is 31.8. The molecule has 26 rings (SSSR count). The van der Waals surface area contributed by atoms with Crippen molar-refractivity contribution in [1.29, 1.82) is 0 Å². The molecular weight excluding hydrogens is 1650 g/mol. The summed E-state index contributed by atoms with van der Waals surface area (Å²) in [7, 11) is 0. The van der Waals surface area contributed by atoms with Crippen LogP contribution in [0.25, 0.3) is 224 Å². The number of halogens is 3. The Morgan fingerprint density at radius 1 is 0.207 bits per heavy atom. The SMILES string of the molecule is CC(C)c1ccc2cc3c(cc2c1)c1cc(-c2cc(-c4ccccc4)cc(-c4ccccc4)c2)cc2c4cc5cc(C(C)C)ccc5cc4n3c12.CC(C)c1ccc2cc3c(cc2c1)c1cc(C(F)(F)F)cc2c4cc5cc(C(C)C)ccc5cc4n3c12.CC(C)c1ccc2cc3c(cc2c1)c1cc(C=C(c2ccccc2)c2ccccc2)cc2c4cc5cc(C(C)C)ccc5cc4n3c12. The maximum atomic E-state index is 14.1. The third kappa shape index (κ3) is 14.0. The van der Waals surface area contributed by atoms with E-state index in [1.807, 2.05) is 0 Å². The maximum absolute atomic E-state index is 14.1. The summed E-state index contributed by atoms with van der Waals surface area (Å²) in [4.78, 5) is 0. The fourth-order valence-corrected chi connectivity index (χ4v) is 21.9. The van der Waals surface area contributed by atoms with Gasteiger partial charge in [0.1, 0.15) is 0 Å². The Morgan fingerprint density at radius 3 is 0.674 bits per heavy atom. The van der Waals surface area contributed by atoms with Crippen molar-refractivity contribution < 1.29 is 13.2 Å². The van der Waals surface area contributed by atoms with Gasteiger partial charge in [-0.3, -0.25) is 0 Å². The number of fused-ring (bicyclic) bond motifs is 24. The van der Waals surface area contributed by atoms with Crippen LogP contribution in [0.2, 0.25) is 0 Å². The molecule has 26 aromatic rings. The number of hydrogen-bond donors (Lipinski definition) is 0. The van der Waals surface area contributed by atoms with Crippen LogP contribution in [0.3, 0.4) is 0 Å². The molecule has 0 aliphatic heterocycles. The van der Waals surface area contributed by atoms with Gasteiger partial charge in [0, 0.05) is 64.6 Å². The smallest absolute Gasteiger partial charge is 0.308 e. The molecule has 0 fully saturated rings. The van der Waals surface area contributed by atoms with Crippen LogP contribution < -0.4 is 0 Å². The molecule has 3 nitrogen and oxygen atoms in total. The highest BCUT2D eigenvalue weighted by Crippen LogP contribution is 2.51. The van der Waals surface area contributed by atoms with E-state index in [-0.39, 0.29) is 0 Å². The minimum atomic E-state index is -4.43. The number of rotatable bonds is 12. The van der Waals surface area contributed by atoms with Gasteiger partial charge in [0.15, 0.2) is 0 Å². The highest BCUT2D eigenvalue weighted by Gasteiger charge is 2.34. The molecule has 0 amide bonds. The average Bonchev–Trinajstić information content (AvgIpc) is 1.54. The zero-order chi connectivity index (χ0) is 92.0. The number of nitrogens with zero attached hydrogens (tertiary/aromatic N) is 3. The van der Waals surface area contributed by atoms with Crippen molar-refractivity contribution in [2.75, 3.05) is 0 Å². The van der Waals surface area contributed by atoms with Crippen LogP contribution >= 0.6 is 0 Å². The molecule has 0 atom stereocenters. The molecule has 654 valence electrons. The molecule has 6 heteroatoms. The van der Waals surface area contributed by atoms with Crippen molar-refractivity contribution in [2.24, 2.45) is 0 Å². The molecule has 0 N–H and O–H groups in total. The molecule has 6 aromatic heterocycles. The first kappa shape index (κ1) is 83.0. The summed E-state index contributed by atoms with van der Waals surface area (Å²) < 4.78 is 49.6. The molecule has 0 saturated carbocycles. The predicted octanol–water partition coefficient (Wildman–Crippen LogP) is 37.8. The van der Waals surface area contributed by atoms with Crippen molar-refractivity contribution in [2.45, 2.75) is 125 Å². The standard InChI is InChI=1S/C50H39N.C46H37N.C33H26F3N/c1-30(2)34-15-17-36-28-48-44(24-41(36)19-34)46-26-43(40-22-38(32-11-7-5-8-12-32)21-39(23-40)33-13-9-6-10-14-33)27-47-45-25-42-20-35(31(3)4)16-18-37(42)29-49(45)51(48)50(46)47;1-28(2)33-15-17-35-26-44-40(24-37(35)22-33)42-20-30(19-39(31-11-7-5-8-12-31)32-13-9-6-10-14-32)21-43-41-25-38-23-34(29(3)4)16-18-36(38)27-45(41)47(44)46(42)43;1-17(2)19-5-7-21-13-30-26(11-23(21)9-19)28-15-25(33(34,35)36)16-29-27-12-24-10-20(18(3)4)6-8-22(24)14-31(27)37(30)32(28)29/h5-31H,1-4H3;5-29H,1-4H3;5-18H,1-4H3. The van der Waals surface area contributed by atoms with Crippen LogP contribution in [-0.4, -0.2) is 13.2 Å². The Labute approximate surface area is 783 Å². The number of alkyl halides is 3. The molecule has 6 heterocycles. The first-order valence-electron chi connectivity index (χ1n) is 48.0. The van der Waals surface area contributed by atoms with Crippen LogP contribution in [0.15, 0.2) is 358 Å². The molecule has 0 unspecified atom stereocenters. The zero-order valence-corrected chi connectivity index (χ0v) is 78.1. The normalized spacial score (nSPS) is 12.5. The van der Waals surface area contributed by atoms with Crippen LogP contribution in [0.1, 0.15) is 174 Å². The Bertz CT molecular complexity index is 8820. The highest BCUT2D eigenvalue weighted by atomic mass is 19.4. The minimum absolute atomic E-state index is 0.375. The summed E-state index contributed by atoms with van der Waals surface area (Å²) >= 11 is 0. The van der Waals surface area contributed by atoms with Crippen molar-refractivity contribution in [3.8, 4) is 33.4 Å².